The zero-order valence-corrected chi connectivity index (χ0v) is 16.2. The third-order valence-electron chi connectivity index (χ3n) is 3.74. The molecule has 3 aromatic rings. The summed E-state index contributed by atoms with van der Waals surface area (Å²) < 4.78 is 0. The van der Waals surface area contributed by atoms with Crippen LogP contribution in [0.2, 0.25) is 0 Å². The number of Topliss-reactive ketones (excluding diaryl/α,β-unsaturated/α-hetero) is 2. The first kappa shape index (κ1) is 19.4. The Balaban J connectivity index is 0.00000225. The fourth-order valence-corrected chi connectivity index (χ4v) is 5.08. The molecule has 0 aliphatic heterocycles. The van der Waals surface area contributed by atoms with Crippen molar-refractivity contribution < 1.29 is 29.1 Å². The van der Waals surface area contributed by atoms with E-state index in [1.165, 1.54) is 6.92 Å². The van der Waals surface area contributed by atoms with Gasteiger partial charge in [-0.3, -0.25) is 9.59 Å². The maximum atomic E-state index is 12.4. The molecule has 0 saturated carbocycles. The normalized spacial score (nSPS) is 10.2. The Morgan fingerprint density at radius 1 is 0.680 bits per heavy atom. The molecule has 0 fully saturated rings. The van der Waals surface area contributed by atoms with Crippen LogP contribution in [0.3, 0.4) is 0 Å². The van der Waals surface area contributed by atoms with E-state index in [2.05, 4.69) is 24.3 Å². The van der Waals surface area contributed by atoms with Crippen LogP contribution in [0.1, 0.15) is 17.3 Å². The number of hydrogen-bond donors (Lipinski definition) is 0. The molecule has 25 heavy (non-hydrogen) atoms. The van der Waals surface area contributed by atoms with Crippen LogP contribution in [0.4, 0.5) is 0 Å². The van der Waals surface area contributed by atoms with Crippen LogP contribution in [0.25, 0.3) is 0 Å². The molecular weight excluding hydrogens is 418 g/mol. The van der Waals surface area contributed by atoms with Gasteiger partial charge in [-0.05, 0) is 23.8 Å². The second-order valence-corrected chi connectivity index (χ2v) is 7.59. The Hall–Kier alpha value is -1.95. The number of benzene rings is 3. The molecule has 0 aliphatic carbocycles. The van der Waals surface area contributed by atoms with Crippen molar-refractivity contribution in [1.82, 2.24) is 0 Å². The van der Waals surface area contributed by atoms with Crippen LogP contribution >= 0.6 is 7.92 Å². The van der Waals surface area contributed by atoms with Gasteiger partial charge in [0.1, 0.15) is 0 Å². The number of rotatable bonds is 5. The van der Waals surface area contributed by atoms with Gasteiger partial charge in [0.05, 0.1) is 0 Å². The van der Waals surface area contributed by atoms with Gasteiger partial charge in [0.25, 0.3) is 0 Å². The average Bonchev–Trinajstić information content (AvgIpc) is 2.63. The second-order valence-electron chi connectivity index (χ2n) is 5.41. The summed E-state index contributed by atoms with van der Waals surface area (Å²) in [5.74, 6) is -0.858. The summed E-state index contributed by atoms with van der Waals surface area (Å²) in [5, 5.41) is 3.23. The smallest absolute Gasteiger partial charge is 0.228 e. The van der Waals surface area contributed by atoms with Gasteiger partial charge in [-0.25, -0.2) is 0 Å². The molecule has 2 nitrogen and oxygen atoms in total. The van der Waals surface area contributed by atoms with Crippen molar-refractivity contribution in [3.8, 4) is 0 Å². The van der Waals surface area contributed by atoms with Crippen molar-refractivity contribution in [2.45, 2.75) is 6.92 Å². The topological polar surface area (TPSA) is 34.1 Å². The largest absolute Gasteiger partial charge is 0.291 e. The fourth-order valence-electron chi connectivity index (χ4n) is 2.63. The van der Waals surface area contributed by atoms with Gasteiger partial charge in [-0.2, -0.15) is 0 Å². The van der Waals surface area contributed by atoms with Crippen molar-refractivity contribution in [2.24, 2.45) is 0 Å². The summed E-state index contributed by atoms with van der Waals surface area (Å²) in [5.41, 5.74) is 0.504. The minimum absolute atomic E-state index is 0. The zero-order chi connectivity index (χ0) is 16.9. The van der Waals surface area contributed by atoms with Crippen LogP contribution in [0.15, 0.2) is 84.9 Å². The van der Waals surface area contributed by atoms with Crippen LogP contribution in [0, 0.1) is 0 Å². The van der Waals surface area contributed by atoms with Crippen LogP contribution in [-0.4, -0.2) is 11.6 Å². The monoisotopic (exact) mass is 435 g/mol. The van der Waals surface area contributed by atoms with E-state index < -0.39 is 19.5 Å². The summed E-state index contributed by atoms with van der Waals surface area (Å²) >= 11 is 0. The summed E-state index contributed by atoms with van der Waals surface area (Å²) in [6.07, 6.45) is 0. The van der Waals surface area contributed by atoms with Crippen molar-refractivity contribution in [1.29, 1.82) is 0 Å². The van der Waals surface area contributed by atoms with Crippen molar-refractivity contribution >= 4 is 35.4 Å². The van der Waals surface area contributed by atoms with Gasteiger partial charge in [-0.15, -0.1) is 0 Å². The minimum Gasteiger partial charge on any atom is -0.291 e. The summed E-state index contributed by atoms with van der Waals surface area (Å²) in [4.78, 5) is 24.0. The van der Waals surface area contributed by atoms with E-state index in [4.69, 9.17) is 0 Å². The van der Waals surface area contributed by atoms with E-state index in [1.807, 2.05) is 54.6 Å². The quantitative estimate of drug-likeness (QED) is 0.267. The third-order valence-corrected chi connectivity index (χ3v) is 6.24. The predicted molar refractivity (Wildman–Crippen MR) is 100 cm³/mol. The number of hydrogen-bond acceptors (Lipinski definition) is 2. The standard InChI is InChI=1S/C21H17O2P.Rh/c1-16(22)21(23)19-14-8-9-15-20(19)24(17-10-4-2-5-11-17)18-12-6-3-7-13-18;/h2-15H,1H3;. The van der Waals surface area contributed by atoms with E-state index in [1.54, 1.807) is 6.07 Å². The van der Waals surface area contributed by atoms with E-state index >= 15 is 0 Å². The molecule has 3 aromatic carbocycles. The molecule has 0 bridgehead atoms. The van der Waals surface area contributed by atoms with Gasteiger partial charge in [-0.1, -0.05) is 84.9 Å². The molecule has 0 aliphatic rings. The molecule has 127 valence electrons. The molecule has 0 N–H and O–H groups in total. The Morgan fingerprint density at radius 3 is 1.60 bits per heavy atom. The van der Waals surface area contributed by atoms with E-state index in [0.717, 1.165) is 15.9 Å². The summed E-state index contributed by atoms with van der Waals surface area (Å²) in [6, 6.07) is 27.7. The van der Waals surface area contributed by atoms with Gasteiger partial charge in [0.2, 0.25) is 5.78 Å². The first-order valence-corrected chi connectivity index (χ1v) is 9.07. The predicted octanol–water partition coefficient (Wildman–Crippen LogP) is 3.21. The molecule has 0 spiro atoms. The van der Waals surface area contributed by atoms with Gasteiger partial charge in [0, 0.05) is 32.0 Å². The minimum atomic E-state index is -0.897. The third kappa shape index (κ3) is 4.37. The van der Waals surface area contributed by atoms with Gasteiger partial charge in [0.15, 0.2) is 5.78 Å². The first-order chi connectivity index (χ1) is 11.7. The van der Waals surface area contributed by atoms with Gasteiger partial charge >= 0.3 is 0 Å². The van der Waals surface area contributed by atoms with Crippen LogP contribution in [-0.2, 0) is 24.3 Å². The van der Waals surface area contributed by atoms with Gasteiger partial charge < -0.3 is 0 Å². The molecule has 0 saturated heterocycles. The number of carbonyl (C=O) groups excluding carboxylic acids is 2. The van der Waals surface area contributed by atoms with E-state index in [9.17, 15) is 9.59 Å². The molecule has 0 unspecified atom stereocenters. The number of carbonyl (C=O) groups is 2. The molecule has 3 rings (SSSR count). The second kappa shape index (κ2) is 8.95. The average molecular weight is 435 g/mol. The van der Waals surface area contributed by atoms with Crippen LogP contribution < -0.4 is 15.9 Å². The Kier molecular flexibility index (Phi) is 6.94. The Morgan fingerprint density at radius 2 is 1.12 bits per heavy atom. The fraction of sp³-hybridized carbons (Fsp3) is 0.0476. The zero-order valence-electron chi connectivity index (χ0n) is 13.7. The van der Waals surface area contributed by atoms with E-state index in [0.29, 0.717) is 5.56 Å². The van der Waals surface area contributed by atoms with Crippen molar-refractivity contribution in [3.05, 3.63) is 90.5 Å². The van der Waals surface area contributed by atoms with Crippen molar-refractivity contribution in [2.75, 3.05) is 0 Å². The molecule has 4 heteroatoms. The molecule has 0 atom stereocenters. The van der Waals surface area contributed by atoms with Crippen LogP contribution in [0.5, 0.6) is 0 Å². The SMILES string of the molecule is CC(=O)C(=O)c1ccccc1P(c1ccccc1)c1ccccc1.[Rh]. The molecule has 0 amide bonds. The van der Waals surface area contributed by atoms with Crippen molar-refractivity contribution in [3.63, 3.8) is 0 Å². The maximum Gasteiger partial charge on any atom is 0.228 e. The molecular formula is C21H17O2PRh. The van der Waals surface area contributed by atoms with E-state index in [-0.39, 0.29) is 19.5 Å². The maximum absolute atomic E-state index is 12.4. The molecule has 1 radical (unpaired) electrons. The molecule has 0 heterocycles. The summed E-state index contributed by atoms with van der Waals surface area (Å²) in [7, 11) is -0.897. The summed E-state index contributed by atoms with van der Waals surface area (Å²) in [6.45, 7) is 1.33. The first-order valence-electron chi connectivity index (χ1n) is 7.73. The Labute approximate surface area is 161 Å². The number of ketones is 2. The Bertz CT molecular complexity index is 824. The molecule has 0 aromatic heterocycles.